The van der Waals surface area contributed by atoms with Gasteiger partial charge in [-0.25, -0.2) is 0 Å². The minimum absolute atomic E-state index is 0.428. The molecule has 0 aliphatic carbocycles. The van der Waals surface area contributed by atoms with E-state index in [1.54, 1.807) is 12.3 Å². The molecule has 1 aromatic carbocycles. The lowest BCUT2D eigenvalue weighted by molar-refractivity contribution is -0.115. The van der Waals surface area contributed by atoms with Crippen molar-refractivity contribution in [2.75, 3.05) is 0 Å². The number of hydrogen-bond acceptors (Lipinski definition) is 2. The zero-order chi connectivity index (χ0) is 10.4. The second-order valence-corrected chi connectivity index (χ2v) is 3.31. The molecule has 0 fully saturated rings. The van der Waals surface area contributed by atoms with Crippen LogP contribution >= 0.6 is 15.9 Å². The Balaban J connectivity index is 2.75. The Morgan fingerprint density at radius 2 is 2.21 bits per heavy atom. The summed E-state index contributed by atoms with van der Waals surface area (Å²) in [7, 11) is 0. The van der Waals surface area contributed by atoms with Gasteiger partial charge in [-0.3, -0.25) is 10.1 Å². The summed E-state index contributed by atoms with van der Waals surface area (Å²) in [6.45, 7) is 0. The summed E-state index contributed by atoms with van der Waals surface area (Å²) in [5.74, 6) is -0.428. The molecule has 0 aromatic heterocycles. The predicted octanol–water partition coefficient (Wildman–Crippen LogP) is 2.06. The maximum absolute atomic E-state index is 10.9. The number of rotatable bonds is 2. The number of carbonyl (C=O) groups is 1. The van der Waals surface area contributed by atoms with E-state index in [1.807, 2.05) is 29.6 Å². The van der Waals surface area contributed by atoms with Crippen molar-refractivity contribution in [1.82, 2.24) is 5.32 Å². The Morgan fingerprint density at radius 1 is 1.50 bits per heavy atom. The summed E-state index contributed by atoms with van der Waals surface area (Å²) >= 11 is 3.34. The molecule has 1 rings (SSSR count). The van der Waals surface area contributed by atoms with Crippen molar-refractivity contribution in [2.24, 2.45) is 0 Å². The van der Waals surface area contributed by atoms with Gasteiger partial charge in [-0.1, -0.05) is 34.1 Å². The summed E-state index contributed by atoms with van der Waals surface area (Å²) in [6, 6.07) is 7.49. The Hall–Kier alpha value is -1.60. The molecule has 1 aromatic rings. The van der Waals surface area contributed by atoms with E-state index in [9.17, 15) is 4.79 Å². The van der Waals surface area contributed by atoms with Gasteiger partial charge < -0.3 is 0 Å². The lowest BCUT2D eigenvalue weighted by Gasteiger charge is -1.95. The smallest absolute Gasteiger partial charge is 0.256 e. The fraction of sp³-hybridized carbons (Fsp3) is 0. The molecule has 4 heteroatoms. The molecule has 0 spiro atoms. The Bertz CT molecular complexity index is 407. The Kier molecular flexibility index (Phi) is 3.89. The minimum atomic E-state index is -0.428. The lowest BCUT2D eigenvalue weighted by Crippen LogP contribution is -2.13. The number of benzene rings is 1. The largest absolute Gasteiger partial charge is 0.269 e. The second kappa shape index (κ2) is 5.20. The van der Waals surface area contributed by atoms with Crippen LogP contribution in [0.4, 0.5) is 0 Å². The van der Waals surface area contributed by atoms with Gasteiger partial charge >= 0.3 is 0 Å². The van der Waals surface area contributed by atoms with Crippen LogP contribution in [0.3, 0.4) is 0 Å². The summed E-state index contributed by atoms with van der Waals surface area (Å²) in [5.41, 5.74) is 0.889. The van der Waals surface area contributed by atoms with Crippen LogP contribution in [0.15, 0.2) is 34.8 Å². The summed E-state index contributed by atoms with van der Waals surface area (Å²) in [4.78, 5) is 10.9. The molecule has 0 saturated heterocycles. The summed E-state index contributed by atoms with van der Waals surface area (Å²) in [6.07, 6.45) is 4.50. The molecule has 1 N–H and O–H groups in total. The van der Waals surface area contributed by atoms with Crippen molar-refractivity contribution in [3.05, 3.63) is 40.4 Å². The average molecular weight is 251 g/mol. The average Bonchev–Trinajstić information content (AvgIpc) is 2.17. The summed E-state index contributed by atoms with van der Waals surface area (Å²) in [5, 5.41) is 10.2. The van der Waals surface area contributed by atoms with Gasteiger partial charge in [0, 0.05) is 10.5 Å². The first kappa shape index (κ1) is 10.5. The molecule has 3 nitrogen and oxygen atoms in total. The van der Waals surface area contributed by atoms with E-state index in [-0.39, 0.29) is 0 Å². The number of nitrogens with one attached hydrogen (secondary N) is 1. The standard InChI is InChI=1S/C10H7BrN2O/c11-9-4-2-1-3-8(9)5-6-10(14)13-7-12/h1-6H,(H,13,14)/b6-5-. The van der Waals surface area contributed by atoms with Gasteiger partial charge in [0.15, 0.2) is 6.19 Å². The molecule has 0 atom stereocenters. The number of amides is 1. The molecule has 14 heavy (non-hydrogen) atoms. The van der Waals surface area contributed by atoms with Crippen LogP contribution in [0.25, 0.3) is 6.08 Å². The fourth-order valence-electron chi connectivity index (χ4n) is 0.872. The second-order valence-electron chi connectivity index (χ2n) is 2.46. The number of halogens is 1. The molecule has 0 saturated carbocycles. The highest BCUT2D eigenvalue weighted by molar-refractivity contribution is 9.10. The van der Waals surface area contributed by atoms with Gasteiger partial charge in [-0.15, -0.1) is 0 Å². The molecule has 70 valence electrons. The van der Waals surface area contributed by atoms with Crippen LogP contribution in [0.2, 0.25) is 0 Å². The topological polar surface area (TPSA) is 52.9 Å². The third-order valence-corrected chi connectivity index (χ3v) is 2.22. The van der Waals surface area contributed by atoms with Crippen LogP contribution in [0, 0.1) is 11.5 Å². The zero-order valence-corrected chi connectivity index (χ0v) is 8.78. The number of hydrogen-bond donors (Lipinski definition) is 1. The highest BCUT2D eigenvalue weighted by Crippen LogP contribution is 2.16. The molecule has 0 heterocycles. The normalized spacial score (nSPS) is 9.71. The fourth-order valence-corrected chi connectivity index (χ4v) is 1.29. The van der Waals surface area contributed by atoms with Gasteiger partial charge in [-0.05, 0) is 17.7 Å². The predicted molar refractivity (Wildman–Crippen MR) is 56.9 cm³/mol. The van der Waals surface area contributed by atoms with Crippen LogP contribution in [-0.2, 0) is 4.79 Å². The third-order valence-electron chi connectivity index (χ3n) is 1.50. The van der Waals surface area contributed by atoms with Crippen LogP contribution in [0.1, 0.15) is 5.56 Å². The molecule has 0 bridgehead atoms. The molecular weight excluding hydrogens is 244 g/mol. The molecular formula is C10H7BrN2O. The van der Waals surface area contributed by atoms with Crippen LogP contribution in [0.5, 0.6) is 0 Å². The third kappa shape index (κ3) is 3.04. The maximum Gasteiger partial charge on any atom is 0.256 e. The van der Waals surface area contributed by atoms with E-state index in [0.717, 1.165) is 10.0 Å². The first-order chi connectivity index (χ1) is 6.74. The van der Waals surface area contributed by atoms with Crippen molar-refractivity contribution in [2.45, 2.75) is 0 Å². The van der Waals surface area contributed by atoms with Crippen molar-refractivity contribution in [3.63, 3.8) is 0 Å². The first-order valence-electron chi connectivity index (χ1n) is 3.85. The molecule has 0 radical (unpaired) electrons. The number of carbonyl (C=O) groups excluding carboxylic acids is 1. The van der Waals surface area contributed by atoms with E-state index in [0.29, 0.717) is 0 Å². The SMILES string of the molecule is N#CNC(=O)/C=C\c1ccccc1Br. The van der Waals surface area contributed by atoms with Crippen molar-refractivity contribution in [3.8, 4) is 6.19 Å². The van der Waals surface area contributed by atoms with E-state index in [2.05, 4.69) is 15.9 Å². The van der Waals surface area contributed by atoms with Crippen LogP contribution < -0.4 is 5.32 Å². The van der Waals surface area contributed by atoms with E-state index >= 15 is 0 Å². The van der Waals surface area contributed by atoms with E-state index < -0.39 is 5.91 Å². The maximum atomic E-state index is 10.9. The number of nitriles is 1. The molecule has 0 aliphatic rings. The van der Waals surface area contributed by atoms with E-state index in [4.69, 9.17) is 5.26 Å². The number of nitrogens with zero attached hydrogens (tertiary/aromatic N) is 1. The minimum Gasteiger partial charge on any atom is -0.269 e. The van der Waals surface area contributed by atoms with Crippen molar-refractivity contribution < 1.29 is 4.79 Å². The van der Waals surface area contributed by atoms with Gasteiger partial charge in [-0.2, -0.15) is 5.26 Å². The van der Waals surface area contributed by atoms with Crippen molar-refractivity contribution >= 4 is 27.9 Å². The highest BCUT2D eigenvalue weighted by atomic mass is 79.9. The lowest BCUT2D eigenvalue weighted by atomic mass is 10.2. The quantitative estimate of drug-likeness (QED) is 0.497. The highest BCUT2D eigenvalue weighted by Gasteiger charge is 1.95. The van der Waals surface area contributed by atoms with Crippen molar-refractivity contribution in [1.29, 1.82) is 5.26 Å². The van der Waals surface area contributed by atoms with Crippen LogP contribution in [-0.4, -0.2) is 5.91 Å². The summed E-state index contributed by atoms with van der Waals surface area (Å²) < 4.78 is 0.904. The van der Waals surface area contributed by atoms with Gasteiger partial charge in [0.05, 0.1) is 0 Å². The first-order valence-corrected chi connectivity index (χ1v) is 4.65. The Morgan fingerprint density at radius 3 is 2.86 bits per heavy atom. The molecule has 1 amide bonds. The van der Waals surface area contributed by atoms with Gasteiger partial charge in [0.2, 0.25) is 0 Å². The van der Waals surface area contributed by atoms with Gasteiger partial charge in [0.1, 0.15) is 0 Å². The van der Waals surface area contributed by atoms with Gasteiger partial charge in [0.25, 0.3) is 5.91 Å². The molecule has 0 unspecified atom stereocenters. The Labute approximate surface area is 90.2 Å². The monoisotopic (exact) mass is 250 g/mol. The zero-order valence-electron chi connectivity index (χ0n) is 7.20. The molecule has 0 aliphatic heterocycles. The van der Waals surface area contributed by atoms with E-state index in [1.165, 1.54) is 6.08 Å².